The van der Waals surface area contributed by atoms with Crippen LogP contribution in [-0.2, 0) is 9.53 Å². The molecule has 6 unspecified atom stereocenters. The summed E-state index contributed by atoms with van der Waals surface area (Å²) in [7, 11) is 0. The van der Waals surface area contributed by atoms with Crippen molar-refractivity contribution in [3.05, 3.63) is 10.1 Å². The van der Waals surface area contributed by atoms with E-state index in [9.17, 15) is 14.9 Å². The highest BCUT2D eigenvalue weighted by atomic mass is 35.5. The van der Waals surface area contributed by atoms with Gasteiger partial charge >= 0.3 is 0 Å². The van der Waals surface area contributed by atoms with Crippen molar-refractivity contribution in [3.8, 4) is 0 Å². The molecule has 0 aromatic rings. The van der Waals surface area contributed by atoms with Gasteiger partial charge in [-0.1, -0.05) is 32.6 Å². The fourth-order valence-electron chi connectivity index (χ4n) is 5.20. The van der Waals surface area contributed by atoms with E-state index in [4.69, 9.17) is 27.9 Å². The third kappa shape index (κ3) is 3.90. The SMILES string of the molecule is CCCCCCCC(CCC(=O)C1OC2CC3C1CC2C3(Cl)Cl)[N+](=O)[O-]. The summed E-state index contributed by atoms with van der Waals surface area (Å²) in [5.41, 5.74) is 0. The molecule has 4 aliphatic rings. The van der Waals surface area contributed by atoms with Gasteiger partial charge in [0.15, 0.2) is 5.78 Å². The summed E-state index contributed by atoms with van der Waals surface area (Å²) in [4.78, 5) is 23.8. The summed E-state index contributed by atoms with van der Waals surface area (Å²) < 4.78 is 5.20. The molecule has 2 aliphatic carbocycles. The maximum absolute atomic E-state index is 12.7. The molecule has 4 bridgehead atoms. The molecule has 5 nitrogen and oxygen atoms in total. The average molecular weight is 406 g/mol. The van der Waals surface area contributed by atoms with Crippen LogP contribution in [0.5, 0.6) is 0 Å². The number of fused-ring (bicyclic) bond motifs is 1. The molecule has 0 N–H and O–H groups in total. The van der Waals surface area contributed by atoms with Crippen LogP contribution in [0.4, 0.5) is 0 Å². The number of ketones is 1. The average Bonchev–Trinajstić information content (AvgIpc) is 2.98. The fourth-order valence-corrected chi connectivity index (χ4v) is 6.16. The first-order valence-corrected chi connectivity index (χ1v) is 10.8. The molecule has 2 saturated heterocycles. The molecule has 0 aromatic heterocycles. The van der Waals surface area contributed by atoms with E-state index in [1.165, 1.54) is 6.42 Å². The molecule has 2 heterocycles. The second-order valence-electron chi connectivity index (χ2n) is 8.26. The molecule has 0 spiro atoms. The van der Waals surface area contributed by atoms with Gasteiger partial charge < -0.3 is 4.74 Å². The van der Waals surface area contributed by atoms with E-state index in [1.54, 1.807) is 0 Å². The lowest BCUT2D eigenvalue weighted by Crippen LogP contribution is -2.47. The number of hydrogen-bond acceptors (Lipinski definition) is 4. The minimum atomic E-state index is -0.772. The highest BCUT2D eigenvalue weighted by Gasteiger charge is 2.68. The summed E-state index contributed by atoms with van der Waals surface area (Å²) in [6, 6.07) is -0.629. The number of hydrogen-bond donors (Lipinski definition) is 0. The zero-order valence-electron chi connectivity index (χ0n) is 15.4. The Morgan fingerprint density at radius 2 is 1.92 bits per heavy atom. The van der Waals surface area contributed by atoms with E-state index < -0.39 is 16.5 Å². The lowest BCUT2D eigenvalue weighted by molar-refractivity contribution is -0.524. The zero-order chi connectivity index (χ0) is 18.9. The minimum Gasteiger partial charge on any atom is -0.366 e. The Balaban J connectivity index is 1.47. The van der Waals surface area contributed by atoms with Crippen LogP contribution in [0.25, 0.3) is 0 Å². The largest absolute Gasteiger partial charge is 0.366 e. The first kappa shape index (κ1) is 20.3. The minimum absolute atomic E-state index is 0.00739. The van der Waals surface area contributed by atoms with E-state index in [0.29, 0.717) is 12.8 Å². The Labute approximate surface area is 165 Å². The number of halogens is 2. The number of nitro groups is 1. The fraction of sp³-hybridized carbons (Fsp3) is 0.947. The van der Waals surface area contributed by atoms with Crippen LogP contribution in [0, 0.1) is 27.9 Å². The number of ether oxygens (including phenoxy) is 1. The predicted octanol–water partition coefficient (Wildman–Crippen LogP) is 4.94. The molecule has 26 heavy (non-hydrogen) atoms. The van der Waals surface area contributed by atoms with Gasteiger partial charge in [0, 0.05) is 36.0 Å². The molecule has 2 saturated carbocycles. The third-order valence-electron chi connectivity index (χ3n) is 6.66. The number of nitrogens with zero attached hydrogens (tertiary/aromatic N) is 1. The summed E-state index contributed by atoms with van der Waals surface area (Å²) in [5.74, 6) is 0.315. The Morgan fingerprint density at radius 1 is 1.19 bits per heavy atom. The highest BCUT2D eigenvalue weighted by molar-refractivity contribution is 6.49. The number of unbranched alkanes of at least 4 members (excludes halogenated alkanes) is 4. The van der Waals surface area contributed by atoms with Crippen LogP contribution in [0.1, 0.15) is 71.1 Å². The van der Waals surface area contributed by atoms with Gasteiger partial charge in [-0.15, -0.1) is 23.2 Å². The number of Topliss-reactive ketones (excluding diaryl/α,β-unsaturated/α-hetero) is 1. The molecule has 148 valence electrons. The number of alkyl halides is 2. The summed E-state index contributed by atoms with van der Waals surface area (Å²) in [6.07, 6.45) is 7.59. The normalized spacial score (nSPS) is 35.0. The number of carbonyl (C=O) groups excluding carboxylic acids is 1. The van der Waals surface area contributed by atoms with Gasteiger partial charge in [-0.2, -0.15) is 0 Å². The van der Waals surface area contributed by atoms with Gasteiger partial charge in [0.1, 0.15) is 10.4 Å². The van der Waals surface area contributed by atoms with Crippen molar-refractivity contribution in [2.45, 2.75) is 93.7 Å². The standard InChI is InChI=1S/C19H29Cl2NO4/c1-2-3-4-5-6-7-12(22(24)25)8-9-16(23)18-13-10-15-17(26-18)11-14(13)19(15,20)21/h12-15,17-18H,2-11H2,1H3. The molecule has 0 amide bonds. The van der Waals surface area contributed by atoms with Gasteiger partial charge in [-0.25, -0.2) is 0 Å². The first-order valence-electron chi connectivity index (χ1n) is 10.1. The van der Waals surface area contributed by atoms with Crippen LogP contribution in [0.2, 0.25) is 0 Å². The summed E-state index contributed by atoms with van der Waals surface area (Å²) >= 11 is 13.0. The monoisotopic (exact) mass is 405 g/mol. The first-order chi connectivity index (χ1) is 12.4. The van der Waals surface area contributed by atoms with Gasteiger partial charge in [0.05, 0.1) is 6.10 Å². The second kappa shape index (κ2) is 8.32. The van der Waals surface area contributed by atoms with Gasteiger partial charge in [-0.05, 0) is 25.2 Å². The molecular formula is C19H29Cl2NO4. The number of rotatable bonds is 11. The number of carbonyl (C=O) groups is 1. The molecular weight excluding hydrogens is 377 g/mol. The topological polar surface area (TPSA) is 69.4 Å². The van der Waals surface area contributed by atoms with Crippen molar-refractivity contribution >= 4 is 29.0 Å². The van der Waals surface area contributed by atoms with Crippen molar-refractivity contribution in [1.82, 2.24) is 0 Å². The van der Waals surface area contributed by atoms with E-state index in [-0.39, 0.29) is 41.0 Å². The van der Waals surface area contributed by atoms with Crippen LogP contribution >= 0.6 is 23.2 Å². The van der Waals surface area contributed by atoms with E-state index in [1.807, 2.05) is 0 Å². The van der Waals surface area contributed by atoms with Crippen molar-refractivity contribution in [2.75, 3.05) is 0 Å². The lowest BCUT2D eigenvalue weighted by atomic mass is 9.78. The second-order valence-corrected chi connectivity index (χ2v) is 9.71. The maximum Gasteiger partial charge on any atom is 0.213 e. The van der Waals surface area contributed by atoms with Crippen LogP contribution in [0.15, 0.2) is 0 Å². The van der Waals surface area contributed by atoms with E-state index in [2.05, 4.69) is 6.92 Å². The Kier molecular flexibility index (Phi) is 6.51. The Hall–Kier alpha value is -0.390. The molecule has 4 fully saturated rings. The van der Waals surface area contributed by atoms with Crippen molar-refractivity contribution in [1.29, 1.82) is 0 Å². The van der Waals surface area contributed by atoms with E-state index in [0.717, 1.165) is 38.5 Å². The van der Waals surface area contributed by atoms with E-state index >= 15 is 0 Å². The molecule has 0 radical (unpaired) electrons. The summed E-state index contributed by atoms with van der Waals surface area (Å²) in [6.45, 7) is 2.15. The lowest BCUT2D eigenvalue weighted by Gasteiger charge is -2.40. The molecule has 6 atom stereocenters. The molecule has 0 aromatic carbocycles. The molecule has 7 heteroatoms. The maximum atomic E-state index is 12.7. The zero-order valence-corrected chi connectivity index (χ0v) is 16.9. The van der Waals surface area contributed by atoms with Gasteiger partial charge in [-0.3, -0.25) is 14.9 Å². The van der Waals surface area contributed by atoms with Crippen molar-refractivity contribution in [3.63, 3.8) is 0 Å². The molecule has 2 aliphatic heterocycles. The quantitative estimate of drug-likeness (QED) is 0.211. The van der Waals surface area contributed by atoms with Crippen molar-refractivity contribution in [2.24, 2.45) is 17.8 Å². The highest BCUT2D eigenvalue weighted by Crippen LogP contribution is 2.65. The predicted molar refractivity (Wildman–Crippen MR) is 101 cm³/mol. The third-order valence-corrected chi connectivity index (χ3v) is 7.78. The Bertz CT molecular complexity index is 542. The van der Waals surface area contributed by atoms with Crippen molar-refractivity contribution < 1.29 is 14.5 Å². The Morgan fingerprint density at radius 3 is 2.50 bits per heavy atom. The van der Waals surface area contributed by atoms with Crippen LogP contribution in [-0.4, -0.2) is 33.3 Å². The van der Waals surface area contributed by atoms with Gasteiger partial charge in [0.2, 0.25) is 6.04 Å². The summed E-state index contributed by atoms with van der Waals surface area (Å²) in [5, 5.41) is 11.3. The molecule has 4 rings (SSSR count). The smallest absolute Gasteiger partial charge is 0.213 e. The van der Waals surface area contributed by atoms with Gasteiger partial charge in [0.25, 0.3) is 0 Å². The van der Waals surface area contributed by atoms with Crippen LogP contribution in [0.3, 0.4) is 0 Å². The van der Waals surface area contributed by atoms with Crippen LogP contribution < -0.4 is 0 Å².